The summed E-state index contributed by atoms with van der Waals surface area (Å²) in [5, 5.41) is 10.5. The molecule has 0 aliphatic rings. The van der Waals surface area contributed by atoms with E-state index in [4.69, 9.17) is 9.47 Å². The molecule has 0 aliphatic heterocycles. The van der Waals surface area contributed by atoms with Crippen LogP contribution in [-0.4, -0.2) is 18.0 Å². The summed E-state index contributed by atoms with van der Waals surface area (Å²) in [6.07, 6.45) is 0.186. The molecule has 0 N–H and O–H groups in total. The molecule has 0 heterocycles. The second-order valence-electron chi connectivity index (χ2n) is 2.92. The van der Waals surface area contributed by atoms with Crippen molar-refractivity contribution in [2.45, 2.75) is 13.3 Å². The molecule has 0 aromatic heterocycles. The van der Waals surface area contributed by atoms with Crippen LogP contribution in [0.5, 0.6) is 11.5 Å². The van der Waals surface area contributed by atoms with Gasteiger partial charge in [-0.25, -0.2) is 0 Å². The summed E-state index contributed by atoms with van der Waals surface area (Å²) in [4.78, 5) is 21.0. The van der Waals surface area contributed by atoms with Gasteiger partial charge in [0.2, 0.25) is 0 Å². The number of carbonyl (C=O) groups excluding carboxylic acids is 1. The number of nitro groups is 1. The van der Waals surface area contributed by atoms with Crippen molar-refractivity contribution < 1.29 is 19.2 Å². The average molecular weight is 225 g/mol. The SMILES string of the molecule is CCC(=O)Oc1cc([N+](=O)[O-])ccc1OC. The maximum absolute atomic E-state index is 11.1. The zero-order valence-corrected chi connectivity index (χ0v) is 8.93. The van der Waals surface area contributed by atoms with Crippen molar-refractivity contribution in [3.05, 3.63) is 28.3 Å². The molecular formula is C10H11NO5. The predicted octanol–water partition coefficient (Wildman–Crippen LogP) is 1.92. The molecule has 0 bridgehead atoms. The highest BCUT2D eigenvalue weighted by Crippen LogP contribution is 2.31. The first-order valence-corrected chi connectivity index (χ1v) is 4.61. The van der Waals surface area contributed by atoms with Gasteiger partial charge < -0.3 is 9.47 Å². The Hall–Kier alpha value is -2.11. The Morgan fingerprint density at radius 1 is 1.44 bits per heavy atom. The number of esters is 1. The van der Waals surface area contributed by atoms with Gasteiger partial charge in [0, 0.05) is 12.5 Å². The number of non-ortho nitro benzene ring substituents is 1. The molecule has 6 heteroatoms. The lowest BCUT2D eigenvalue weighted by molar-refractivity contribution is -0.384. The van der Waals surface area contributed by atoms with Crippen LogP contribution in [0.15, 0.2) is 18.2 Å². The first kappa shape index (κ1) is 12.0. The third kappa shape index (κ3) is 2.69. The smallest absolute Gasteiger partial charge is 0.311 e. The maximum atomic E-state index is 11.1. The number of benzene rings is 1. The van der Waals surface area contributed by atoms with Gasteiger partial charge in [-0.15, -0.1) is 0 Å². The normalized spacial score (nSPS) is 9.62. The standard InChI is InChI=1S/C10H11NO5/c1-3-10(12)16-9-6-7(11(13)14)4-5-8(9)15-2/h4-6H,3H2,1-2H3. The Labute approximate surface area is 91.9 Å². The van der Waals surface area contributed by atoms with Crippen LogP contribution in [0.1, 0.15) is 13.3 Å². The molecule has 0 spiro atoms. The summed E-state index contributed by atoms with van der Waals surface area (Å²) in [7, 11) is 1.39. The lowest BCUT2D eigenvalue weighted by Gasteiger charge is -2.07. The molecule has 86 valence electrons. The topological polar surface area (TPSA) is 78.7 Å². The van der Waals surface area contributed by atoms with Crippen LogP contribution in [0.25, 0.3) is 0 Å². The monoisotopic (exact) mass is 225 g/mol. The average Bonchev–Trinajstić information content (AvgIpc) is 2.28. The summed E-state index contributed by atoms with van der Waals surface area (Å²) in [6.45, 7) is 1.63. The zero-order chi connectivity index (χ0) is 12.1. The van der Waals surface area contributed by atoms with E-state index in [2.05, 4.69) is 0 Å². The van der Waals surface area contributed by atoms with Crippen LogP contribution in [0.4, 0.5) is 5.69 Å². The van der Waals surface area contributed by atoms with E-state index >= 15 is 0 Å². The van der Waals surface area contributed by atoms with Crippen molar-refractivity contribution in [1.29, 1.82) is 0 Å². The first-order chi connectivity index (χ1) is 7.58. The second kappa shape index (κ2) is 5.11. The van der Waals surface area contributed by atoms with Crippen molar-refractivity contribution >= 4 is 11.7 Å². The van der Waals surface area contributed by atoms with E-state index in [1.165, 1.54) is 19.2 Å². The number of nitrogens with zero attached hydrogens (tertiary/aromatic N) is 1. The van der Waals surface area contributed by atoms with Gasteiger partial charge in [0.15, 0.2) is 11.5 Å². The molecule has 6 nitrogen and oxygen atoms in total. The van der Waals surface area contributed by atoms with Gasteiger partial charge in [-0.2, -0.15) is 0 Å². The van der Waals surface area contributed by atoms with Crippen LogP contribution in [0, 0.1) is 10.1 Å². The highest BCUT2D eigenvalue weighted by Gasteiger charge is 2.14. The van der Waals surface area contributed by atoms with E-state index in [9.17, 15) is 14.9 Å². The molecule has 16 heavy (non-hydrogen) atoms. The molecule has 0 unspecified atom stereocenters. The number of hydrogen-bond donors (Lipinski definition) is 0. The molecule has 0 aliphatic carbocycles. The highest BCUT2D eigenvalue weighted by atomic mass is 16.6. The third-order valence-corrected chi connectivity index (χ3v) is 1.87. The van der Waals surface area contributed by atoms with Crippen LogP contribution in [0.3, 0.4) is 0 Å². The quantitative estimate of drug-likeness (QED) is 0.338. The second-order valence-corrected chi connectivity index (χ2v) is 2.92. The summed E-state index contributed by atoms with van der Waals surface area (Å²) in [5.74, 6) is -0.130. The Balaban J connectivity index is 3.06. The molecule has 0 fully saturated rings. The molecule has 0 radical (unpaired) electrons. The lowest BCUT2D eigenvalue weighted by Crippen LogP contribution is -2.06. The maximum Gasteiger partial charge on any atom is 0.311 e. The van der Waals surface area contributed by atoms with Crippen LogP contribution >= 0.6 is 0 Å². The van der Waals surface area contributed by atoms with Crippen LogP contribution in [0.2, 0.25) is 0 Å². The number of nitro benzene ring substituents is 1. The summed E-state index contributed by atoms with van der Waals surface area (Å²) in [5.41, 5.74) is -0.153. The Morgan fingerprint density at radius 3 is 2.62 bits per heavy atom. The summed E-state index contributed by atoms with van der Waals surface area (Å²) >= 11 is 0. The fourth-order valence-corrected chi connectivity index (χ4v) is 1.05. The fraction of sp³-hybridized carbons (Fsp3) is 0.300. The zero-order valence-electron chi connectivity index (χ0n) is 8.93. The Bertz CT molecular complexity index is 416. The van der Waals surface area contributed by atoms with Gasteiger partial charge in [-0.3, -0.25) is 14.9 Å². The van der Waals surface area contributed by atoms with Crippen LogP contribution < -0.4 is 9.47 Å². The van der Waals surface area contributed by atoms with E-state index in [-0.39, 0.29) is 23.6 Å². The van der Waals surface area contributed by atoms with Crippen molar-refractivity contribution in [2.75, 3.05) is 7.11 Å². The van der Waals surface area contributed by atoms with E-state index < -0.39 is 10.9 Å². The number of ether oxygens (including phenoxy) is 2. The predicted molar refractivity (Wildman–Crippen MR) is 55.6 cm³/mol. The van der Waals surface area contributed by atoms with Crippen LogP contribution in [-0.2, 0) is 4.79 Å². The molecule has 1 aromatic carbocycles. The minimum absolute atomic E-state index is 0.0588. The highest BCUT2D eigenvalue weighted by molar-refractivity contribution is 5.73. The minimum Gasteiger partial charge on any atom is -0.493 e. The van der Waals surface area contributed by atoms with Gasteiger partial charge >= 0.3 is 5.97 Å². The Morgan fingerprint density at radius 2 is 2.12 bits per heavy atom. The molecular weight excluding hydrogens is 214 g/mol. The van der Waals surface area contributed by atoms with Crippen molar-refractivity contribution in [3.8, 4) is 11.5 Å². The van der Waals surface area contributed by atoms with E-state index in [1.54, 1.807) is 6.92 Å². The largest absolute Gasteiger partial charge is 0.493 e. The van der Waals surface area contributed by atoms with Crippen molar-refractivity contribution in [1.82, 2.24) is 0 Å². The number of hydrogen-bond acceptors (Lipinski definition) is 5. The summed E-state index contributed by atoms with van der Waals surface area (Å²) in [6, 6.07) is 3.82. The van der Waals surface area contributed by atoms with Gasteiger partial charge in [0.1, 0.15) is 0 Å². The van der Waals surface area contributed by atoms with Gasteiger partial charge in [-0.1, -0.05) is 6.92 Å². The van der Waals surface area contributed by atoms with Crippen molar-refractivity contribution in [2.24, 2.45) is 0 Å². The number of carbonyl (C=O) groups is 1. The van der Waals surface area contributed by atoms with Crippen molar-refractivity contribution in [3.63, 3.8) is 0 Å². The minimum atomic E-state index is -0.567. The molecule has 0 atom stereocenters. The lowest BCUT2D eigenvalue weighted by atomic mass is 10.3. The van der Waals surface area contributed by atoms with Gasteiger partial charge in [0.05, 0.1) is 18.1 Å². The van der Waals surface area contributed by atoms with E-state index in [0.717, 1.165) is 6.07 Å². The first-order valence-electron chi connectivity index (χ1n) is 4.61. The molecule has 0 saturated heterocycles. The molecule has 0 amide bonds. The van der Waals surface area contributed by atoms with Gasteiger partial charge in [-0.05, 0) is 6.07 Å². The van der Waals surface area contributed by atoms with E-state index in [1.807, 2.05) is 0 Å². The molecule has 0 saturated carbocycles. The fourth-order valence-electron chi connectivity index (χ4n) is 1.05. The third-order valence-electron chi connectivity index (χ3n) is 1.87. The Kier molecular flexibility index (Phi) is 3.82. The molecule has 1 rings (SSSR count). The summed E-state index contributed by atoms with van der Waals surface area (Å²) < 4.78 is 9.83. The number of methoxy groups -OCH3 is 1. The van der Waals surface area contributed by atoms with E-state index in [0.29, 0.717) is 0 Å². The number of rotatable bonds is 4. The molecule has 1 aromatic rings. The van der Waals surface area contributed by atoms with Gasteiger partial charge in [0.25, 0.3) is 5.69 Å².